The third kappa shape index (κ3) is 2.98. The van der Waals surface area contributed by atoms with Crippen molar-refractivity contribution in [3.05, 3.63) is 22.4 Å². The van der Waals surface area contributed by atoms with Gasteiger partial charge in [-0.1, -0.05) is 0 Å². The summed E-state index contributed by atoms with van der Waals surface area (Å²) in [5, 5.41) is 0.0141. The van der Waals surface area contributed by atoms with E-state index in [0.29, 0.717) is 16.9 Å². The standard InChI is InChI=1S/C13H12ClF3N4O/c1-5-6(2)19-11-10(18-5)9(20-12(14)21-11)7-3-8(4-7)22-13(15,16)17/h7-8H,3-4H2,1-2H3. The monoisotopic (exact) mass is 332 g/mol. The molecule has 0 radical (unpaired) electrons. The number of ether oxygens (including phenoxy) is 1. The predicted molar refractivity (Wildman–Crippen MR) is 72.5 cm³/mol. The number of aryl methyl sites for hydroxylation is 2. The Morgan fingerprint density at radius 2 is 1.68 bits per heavy atom. The molecular weight excluding hydrogens is 321 g/mol. The molecule has 0 aromatic carbocycles. The van der Waals surface area contributed by atoms with Crippen LogP contribution < -0.4 is 0 Å². The SMILES string of the molecule is Cc1nc2nc(Cl)nc(C3CC(OC(F)(F)F)C3)c2nc1C. The Kier molecular flexibility index (Phi) is 3.68. The molecule has 2 aromatic heterocycles. The molecule has 1 aliphatic rings. The van der Waals surface area contributed by atoms with Gasteiger partial charge in [0.2, 0.25) is 5.28 Å². The second-order valence-corrected chi connectivity index (χ2v) is 5.64. The molecule has 1 fully saturated rings. The summed E-state index contributed by atoms with van der Waals surface area (Å²) in [4.78, 5) is 16.9. The van der Waals surface area contributed by atoms with Gasteiger partial charge in [-0.15, -0.1) is 13.2 Å². The van der Waals surface area contributed by atoms with Crippen molar-refractivity contribution in [2.75, 3.05) is 0 Å². The maximum absolute atomic E-state index is 12.2. The summed E-state index contributed by atoms with van der Waals surface area (Å²) < 4.78 is 40.5. The van der Waals surface area contributed by atoms with Crippen LogP contribution in [0.3, 0.4) is 0 Å². The lowest BCUT2D eigenvalue weighted by Crippen LogP contribution is -2.35. The Morgan fingerprint density at radius 1 is 1.05 bits per heavy atom. The average molecular weight is 333 g/mol. The molecule has 22 heavy (non-hydrogen) atoms. The first kappa shape index (κ1) is 15.4. The zero-order valence-electron chi connectivity index (χ0n) is 11.8. The highest BCUT2D eigenvalue weighted by Gasteiger charge is 2.42. The number of halogens is 4. The van der Waals surface area contributed by atoms with Crippen molar-refractivity contribution in [1.82, 2.24) is 19.9 Å². The van der Waals surface area contributed by atoms with E-state index in [2.05, 4.69) is 24.7 Å². The van der Waals surface area contributed by atoms with Gasteiger partial charge in [0.05, 0.1) is 23.2 Å². The number of aromatic nitrogens is 4. The van der Waals surface area contributed by atoms with Crippen molar-refractivity contribution in [3.8, 4) is 0 Å². The lowest BCUT2D eigenvalue weighted by molar-refractivity contribution is -0.351. The first-order valence-corrected chi connectivity index (χ1v) is 7.03. The van der Waals surface area contributed by atoms with Gasteiger partial charge in [-0.3, -0.25) is 4.74 Å². The molecular formula is C13H12ClF3N4O. The summed E-state index contributed by atoms with van der Waals surface area (Å²) in [5.74, 6) is -0.188. The molecule has 1 aliphatic carbocycles. The first-order chi connectivity index (χ1) is 10.2. The number of hydrogen-bond donors (Lipinski definition) is 0. The van der Waals surface area contributed by atoms with Crippen molar-refractivity contribution in [1.29, 1.82) is 0 Å². The van der Waals surface area contributed by atoms with E-state index in [1.54, 1.807) is 13.8 Å². The largest absolute Gasteiger partial charge is 0.522 e. The molecule has 2 heterocycles. The van der Waals surface area contributed by atoms with Crippen molar-refractivity contribution in [2.24, 2.45) is 0 Å². The van der Waals surface area contributed by atoms with E-state index in [-0.39, 0.29) is 24.0 Å². The Labute approximate surface area is 128 Å². The lowest BCUT2D eigenvalue weighted by Gasteiger charge is -2.35. The maximum atomic E-state index is 12.2. The molecule has 1 saturated carbocycles. The van der Waals surface area contributed by atoms with Crippen molar-refractivity contribution in [3.63, 3.8) is 0 Å². The topological polar surface area (TPSA) is 60.8 Å². The van der Waals surface area contributed by atoms with Gasteiger partial charge < -0.3 is 0 Å². The summed E-state index contributed by atoms with van der Waals surface area (Å²) in [6.45, 7) is 3.60. The van der Waals surface area contributed by atoms with E-state index in [4.69, 9.17) is 11.6 Å². The summed E-state index contributed by atoms with van der Waals surface area (Å²) >= 11 is 5.88. The Hall–Kier alpha value is -1.54. The van der Waals surface area contributed by atoms with Crippen molar-refractivity contribution < 1.29 is 17.9 Å². The van der Waals surface area contributed by atoms with Crippen LogP contribution in [0.4, 0.5) is 13.2 Å². The summed E-state index contributed by atoms with van der Waals surface area (Å²) in [7, 11) is 0. The highest BCUT2D eigenvalue weighted by molar-refractivity contribution is 6.28. The molecule has 0 atom stereocenters. The van der Waals surface area contributed by atoms with Crippen LogP contribution in [0.2, 0.25) is 5.28 Å². The van der Waals surface area contributed by atoms with E-state index < -0.39 is 12.5 Å². The quantitative estimate of drug-likeness (QED) is 0.788. The van der Waals surface area contributed by atoms with Crippen molar-refractivity contribution in [2.45, 2.75) is 45.1 Å². The fourth-order valence-electron chi connectivity index (χ4n) is 2.46. The molecule has 0 spiro atoms. The van der Waals surface area contributed by atoms with Crippen LogP contribution in [-0.2, 0) is 4.74 Å². The molecule has 9 heteroatoms. The lowest BCUT2D eigenvalue weighted by atomic mass is 9.79. The Morgan fingerprint density at radius 3 is 2.32 bits per heavy atom. The molecule has 0 aliphatic heterocycles. The summed E-state index contributed by atoms with van der Waals surface area (Å²) in [5.41, 5.74) is 2.83. The van der Waals surface area contributed by atoms with E-state index in [9.17, 15) is 13.2 Å². The minimum absolute atomic E-state index is 0.0141. The average Bonchev–Trinajstić information content (AvgIpc) is 2.33. The minimum Gasteiger partial charge on any atom is -0.289 e. The second-order valence-electron chi connectivity index (χ2n) is 5.30. The Bertz CT molecular complexity index is 731. The summed E-state index contributed by atoms with van der Waals surface area (Å²) in [6.07, 6.45) is -5.03. The molecule has 0 unspecified atom stereocenters. The smallest absolute Gasteiger partial charge is 0.289 e. The molecule has 5 nitrogen and oxygen atoms in total. The molecule has 0 amide bonds. The van der Waals surface area contributed by atoms with Crippen LogP contribution in [0, 0.1) is 13.8 Å². The highest BCUT2D eigenvalue weighted by atomic mass is 35.5. The van der Waals surface area contributed by atoms with Crippen LogP contribution in [0.1, 0.15) is 35.8 Å². The molecule has 0 bridgehead atoms. The van der Waals surface area contributed by atoms with E-state index in [1.807, 2.05) is 0 Å². The van der Waals surface area contributed by atoms with Gasteiger partial charge in [-0.25, -0.2) is 15.0 Å². The van der Waals surface area contributed by atoms with Crippen LogP contribution in [0.15, 0.2) is 0 Å². The van der Waals surface area contributed by atoms with Gasteiger partial charge in [0.25, 0.3) is 0 Å². The minimum atomic E-state index is -4.62. The van der Waals surface area contributed by atoms with Gasteiger partial charge in [0.15, 0.2) is 5.65 Å². The fourth-order valence-corrected chi connectivity index (χ4v) is 2.64. The normalized spacial score (nSPS) is 21.9. The zero-order valence-corrected chi connectivity index (χ0v) is 12.5. The number of alkyl halides is 3. The number of nitrogens with zero attached hydrogens (tertiary/aromatic N) is 4. The number of fused-ring (bicyclic) bond motifs is 1. The van der Waals surface area contributed by atoms with E-state index in [0.717, 1.165) is 11.4 Å². The van der Waals surface area contributed by atoms with Gasteiger partial charge in [-0.05, 0) is 38.3 Å². The van der Waals surface area contributed by atoms with Crippen LogP contribution in [0.5, 0.6) is 0 Å². The molecule has 0 N–H and O–H groups in total. The third-order valence-corrected chi connectivity index (χ3v) is 3.89. The van der Waals surface area contributed by atoms with Crippen LogP contribution >= 0.6 is 11.6 Å². The maximum Gasteiger partial charge on any atom is 0.522 e. The first-order valence-electron chi connectivity index (χ1n) is 6.66. The number of rotatable bonds is 2. The second kappa shape index (κ2) is 5.27. The van der Waals surface area contributed by atoms with E-state index >= 15 is 0 Å². The highest BCUT2D eigenvalue weighted by Crippen LogP contribution is 2.42. The van der Waals surface area contributed by atoms with Gasteiger partial charge in [0, 0.05) is 5.92 Å². The van der Waals surface area contributed by atoms with Gasteiger partial charge in [0.1, 0.15) is 5.52 Å². The van der Waals surface area contributed by atoms with E-state index in [1.165, 1.54) is 0 Å². The van der Waals surface area contributed by atoms with Crippen LogP contribution in [-0.4, -0.2) is 32.4 Å². The molecule has 2 aromatic rings. The third-order valence-electron chi connectivity index (χ3n) is 3.72. The zero-order chi connectivity index (χ0) is 16.1. The predicted octanol–water partition coefficient (Wildman–Crippen LogP) is 3.47. The Balaban J connectivity index is 1.90. The number of hydrogen-bond acceptors (Lipinski definition) is 5. The molecule has 0 saturated heterocycles. The molecule has 118 valence electrons. The fraction of sp³-hybridized carbons (Fsp3) is 0.538. The van der Waals surface area contributed by atoms with Crippen molar-refractivity contribution >= 4 is 22.8 Å². The van der Waals surface area contributed by atoms with Crippen LogP contribution in [0.25, 0.3) is 11.2 Å². The molecule has 3 rings (SSSR count). The summed E-state index contributed by atoms with van der Waals surface area (Å²) in [6, 6.07) is 0. The van der Waals surface area contributed by atoms with Gasteiger partial charge >= 0.3 is 6.36 Å². The van der Waals surface area contributed by atoms with Gasteiger partial charge in [-0.2, -0.15) is 4.98 Å².